The molecule has 1 aromatic carbocycles. The van der Waals surface area contributed by atoms with Crippen molar-refractivity contribution in [3.05, 3.63) is 57.5 Å². The summed E-state index contributed by atoms with van der Waals surface area (Å²) in [6.45, 7) is 6.33. The summed E-state index contributed by atoms with van der Waals surface area (Å²) in [6, 6.07) is 6.31. The van der Waals surface area contributed by atoms with Crippen LogP contribution in [-0.2, 0) is 24.5 Å². The molecule has 0 radical (unpaired) electrons. The van der Waals surface area contributed by atoms with Gasteiger partial charge in [0.2, 0.25) is 11.8 Å². The number of anilines is 1. The molecule has 2 aromatic rings. The van der Waals surface area contributed by atoms with Crippen molar-refractivity contribution in [2.24, 2.45) is 5.41 Å². The molecule has 1 aliphatic carbocycles. The van der Waals surface area contributed by atoms with E-state index in [1.165, 1.54) is 6.07 Å². The van der Waals surface area contributed by atoms with Crippen LogP contribution >= 0.6 is 23.2 Å². The molecular weight excluding hydrogens is 650 g/mol. The van der Waals surface area contributed by atoms with E-state index in [4.69, 9.17) is 33.3 Å². The first kappa shape index (κ1) is 33.6. The molecule has 252 valence electrons. The van der Waals surface area contributed by atoms with Gasteiger partial charge in [0.1, 0.15) is 22.2 Å². The van der Waals surface area contributed by atoms with Gasteiger partial charge in [0.25, 0.3) is 0 Å². The van der Waals surface area contributed by atoms with E-state index >= 15 is 4.39 Å². The highest BCUT2D eigenvalue weighted by atomic mass is 35.5. The third-order valence-electron chi connectivity index (χ3n) is 10.6. The van der Waals surface area contributed by atoms with Crippen molar-refractivity contribution < 1.29 is 28.2 Å². The zero-order chi connectivity index (χ0) is 33.7. The largest absolute Gasteiger partial charge is 0.413 e. The van der Waals surface area contributed by atoms with Crippen LogP contribution in [0.2, 0.25) is 10.2 Å². The van der Waals surface area contributed by atoms with Gasteiger partial charge >= 0.3 is 6.09 Å². The van der Waals surface area contributed by atoms with Crippen LogP contribution in [0.15, 0.2) is 30.3 Å². The van der Waals surface area contributed by atoms with E-state index in [0.29, 0.717) is 43.5 Å². The number of carbonyl (C=O) groups excluding carboxylic acids is 3. The van der Waals surface area contributed by atoms with E-state index < -0.39 is 34.8 Å². The summed E-state index contributed by atoms with van der Waals surface area (Å²) in [5.74, 6) is -2.09. The molecule has 14 heteroatoms. The molecule has 6 atom stereocenters. The van der Waals surface area contributed by atoms with Crippen LogP contribution in [0, 0.1) is 16.6 Å². The minimum absolute atomic E-state index is 0.0135. The third kappa shape index (κ3) is 5.77. The summed E-state index contributed by atoms with van der Waals surface area (Å²) in [7, 11) is 0. The third-order valence-corrected chi connectivity index (χ3v) is 11.1. The number of hydrogen-bond acceptors (Lipinski definition) is 8. The summed E-state index contributed by atoms with van der Waals surface area (Å²) in [6.07, 6.45) is 3.26. The first-order chi connectivity index (χ1) is 22.3. The van der Waals surface area contributed by atoms with Crippen LogP contribution in [0.4, 0.5) is 15.0 Å². The number of nitrogens with one attached hydrogen (secondary N) is 5. The van der Waals surface area contributed by atoms with Crippen molar-refractivity contribution >= 4 is 53.3 Å². The molecular formula is C33H39Cl2FN6O5. The number of carbonyl (C=O) groups is 3. The van der Waals surface area contributed by atoms with Crippen molar-refractivity contribution in [2.45, 2.75) is 100 Å². The quantitative estimate of drug-likeness (QED) is 0.159. The molecule has 0 unspecified atom stereocenters. The van der Waals surface area contributed by atoms with Gasteiger partial charge in [-0.15, -0.1) is 0 Å². The van der Waals surface area contributed by atoms with Crippen LogP contribution in [-0.4, -0.2) is 65.7 Å². The van der Waals surface area contributed by atoms with Crippen molar-refractivity contribution in [1.29, 1.82) is 5.41 Å². The average Bonchev–Trinajstić information content (AvgIpc) is 3.48. The molecule has 2 spiro atoms. The lowest BCUT2D eigenvalue weighted by molar-refractivity contribution is -0.126. The molecule has 2 saturated heterocycles. The maximum absolute atomic E-state index is 16.2. The van der Waals surface area contributed by atoms with Crippen molar-refractivity contribution in [2.75, 3.05) is 11.9 Å². The van der Waals surface area contributed by atoms with Gasteiger partial charge in [-0.2, -0.15) is 0 Å². The predicted molar refractivity (Wildman–Crippen MR) is 174 cm³/mol. The van der Waals surface area contributed by atoms with Gasteiger partial charge in [0.15, 0.2) is 6.40 Å². The lowest BCUT2D eigenvalue weighted by atomic mass is 9.53. The normalized spacial score (nSPS) is 29.5. The van der Waals surface area contributed by atoms with Crippen LogP contribution in [0.1, 0.15) is 76.3 Å². The van der Waals surface area contributed by atoms with Gasteiger partial charge in [0, 0.05) is 17.0 Å². The fourth-order valence-electron chi connectivity index (χ4n) is 8.22. The number of fused-ring (bicyclic) bond motifs is 3. The summed E-state index contributed by atoms with van der Waals surface area (Å²) < 4.78 is 26.7. The van der Waals surface area contributed by atoms with Gasteiger partial charge in [-0.25, -0.2) is 14.2 Å². The van der Waals surface area contributed by atoms with Gasteiger partial charge < -0.3 is 25.4 Å². The second kappa shape index (κ2) is 12.6. The first-order valence-electron chi connectivity index (χ1n) is 15.9. The number of rotatable bonds is 6. The van der Waals surface area contributed by atoms with Crippen LogP contribution in [0.3, 0.4) is 0 Å². The number of halogens is 3. The van der Waals surface area contributed by atoms with E-state index in [1.807, 2.05) is 0 Å². The number of alkyl carbamates (subject to hydrolysis) is 1. The molecule has 3 fully saturated rings. The Morgan fingerprint density at radius 2 is 1.91 bits per heavy atom. The fourth-order valence-corrected chi connectivity index (χ4v) is 8.55. The molecule has 0 bridgehead atoms. The van der Waals surface area contributed by atoms with Crippen molar-refractivity contribution in [1.82, 2.24) is 20.9 Å². The zero-order valence-electron chi connectivity index (χ0n) is 26.4. The maximum atomic E-state index is 16.2. The van der Waals surface area contributed by atoms with E-state index in [9.17, 15) is 14.4 Å². The molecule has 1 aromatic heterocycles. The zero-order valence-corrected chi connectivity index (χ0v) is 27.9. The topological polar surface area (TPSA) is 155 Å². The minimum Gasteiger partial charge on any atom is -0.399 e. The van der Waals surface area contributed by atoms with Gasteiger partial charge in [-0.1, -0.05) is 55.2 Å². The molecule has 11 nitrogen and oxygen atoms in total. The number of nitrogens with zero attached hydrogens (tertiary/aromatic N) is 1. The predicted octanol–water partition coefficient (Wildman–Crippen LogP) is 5.20. The SMILES string of the molecule is C[C@H](NC(=O)OC=N)[C@@H]1CC[C@@H](NC(=O)[C@@H]2NC3(CCC(C)(C)CC3)[C@@]3(C(=O)Nc4nc(Cl)ccc43)[C@H]2c2cccc(Cl)c2F)CO1. The highest BCUT2D eigenvalue weighted by Gasteiger charge is 2.73. The van der Waals surface area contributed by atoms with Crippen LogP contribution < -0.4 is 21.3 Å². The number of aromatic nitrogens is 1. The Balaban J connectivity index is 1.36. The van der Waals surface area contributed by atoms with Gasteiger partial charge in [0.05, 0.1) is 35.9 Å². The fraction of sp³-hybridized carbons (Fsp3) is 0.545. The Labute approximate surface area is 282 Å². The second-order valence-electron chi connectivity index (χ2n) is 13.9. The molecule has 4 heterocycles. The smallest absolute Gasteiger partial charge is 0.399 e. The van der Waals surface area contributed by atoms with Gasteiger partial charge in [-0.05, 0) is 68.6 Å². The number of pyridine rings is 1. The van der Waals surface area contributed by atoms with E-state index in [1.54, 1.807) is 31.2 Å². The van der Waals surface area contributed by atoms with Crippen molar-refractivity contribution in [3.63, 3.8) is 0 Å². The van der Waals surface area contributed by atoms with Crippen LogP contribution in [0.5, 0.6) is 0 Å². The lowest BCUT2D eigenvalue weighted by Crippen LogP contribution is -2.61. The monoisotopic (exact) mass is 688 g/mol. The maximum Gasteiger partial charge on any atom is 0.413 e. The standard InChI is InChI=1S/C33H39Cl2FN6O5/c1-17(38-30(45)47-16-37)22-9-7-18(15-46-22)39-28(43)26-24(19-5-4-6-21(34)25(19)36)33(32(42-26)13-11-31(2,3)12-14-32)20-8-10-23(35)40-27(20)41-29(33)44/h4-6,8,10,16-18,22,24,26,37,42H,7,9,11-15H2,1-3H3,(H,38,45)(H,39,43)(H,40,41,44)/t17-,18+,22-,24-,26+,33+/m0/s1. The molecule has 4 aliphatic rings. The second-order valence-corrected chi connectivity index (χ2v) is 14.7. The molecule has 1 saturated carbocycles. The Morgan fingerprint density at radius 3 is 2.60 bits per heavy atom. The number of hydrogen-bond donors (Lipinski definition) is 5. The highest BCUT2D eigenvalue weighted by molar-refractivity contribution is 6.31. The highest BCUT2D eigenvalue weighted by Crippen LogP contribution is 2.63. The lowest BCUT2D eigenvalue weighted by Gasteiger charge is -2.50. The number of benzene rings is 1. The van der Waals surface area contributed by atoms with Crippen molar-refractivity contribution in [3.8, 4) is 0 Å². The number of ether oxygens (including phenoxy) is 2. The van der Waals surface area contributed by atoms with E-state index in [0.717, 1.165) is 12.8 Å². The van der Waals surface area contributed by atoms with Crippen LogP contribution in [0.25, 0.3) is 0 Å². The average molecular weight is 690 g/mol. The molecule has 6 rings (SSSR count). The summed E-state index contributed by atoms with van der Waals surface area (Å²) >= 11 is 12.6. The Morgan fingerprint density at radius 1 is 1.17 bits per heavy atom. The molecule has 3 aliphatic heterocycles. The van der Waals surface area contributed by atoms with Gasteiger partial charge in [-0.3, -0.25) is 20.3 Å². The summed E-state index contributed by atoms with van der Waals surface area (Å²) in [4.78, 5) is 45.2. The summed E-state index contributed by atoms with van der Waals surface area (Å²) in [5.41, 5.74) is -1.55. The summed E-state index contributed by atoms with van der Waals surface area (Å²) in [5, 5.41) is 19.4. The van der Waals surface area contributed by atoms with E-state index in [-0.39, 0.29) is 57.8 Å². The minimum atomic E-state index is -1.40. The number of amides is 3. The van der Waals surface area contributed by atoms with E-state index in [2.05, 4.69) is 44.8 Å². The molecule has 3 amide bonds. The Bertz CT molecular complexity index is 1590. The Kier molecular flexibility index (Phi) is 9.01. The first-order valence-corrected chi connectivity index (χ1v) is 16.7. The molecule has 5 N–H and O–H groups in total. The Hall–Kier alpha value is -3.32. The molecule has 47 heavy (non-hydrogen) atoms.